The van der Waals surface area contributed by atoms with Crippen LogP contribution in [0.1, 0.15) is 270 Å². The van der Waals surface area contributed by atoms with Gasteiger partial charge in [-0.2, -0.15) is 0 Å². The van der Waals surface area contributed by atoms with Crippen LogP contribution < -0.4 is 9.47 Å². The molecule has 0 saturated heterocycles. The molecule has 0 amide bonds. The summed E-state index contributed by atoms with van der Waals surface area (Å²) in [5, 5.41) is 18.9. The molecular formula is C102H152O26. The first-order valence-electron chi connectivity index (χ1n) is 46.2. The number of carbonyl (C=O) groups excluding carboxylic acids is 6. The van der Waals surface area contributed by atoms with E-state index in [2.05, 4.69) is 84.1 Å². The minimum Gasteiger partial charge on any atom is -0.467 e. The summed E-state index contributed by atoms with van der Waals surface area (Å²) in [4.78, 5) is 77.1. The van der Waals surface area contributed by atoms with Gasteiger partial charge in [-0.1, -0.05) is 202 Å². The number of aliphatic hydroxyl groups excluding tert-OH is 2. The largest absolute Gasteiger partial charge is 0.467 e. The Balaban J connectivity index is 0.000000305. The van der Waals surface area contributed by atoms with E-state index in [4.69, 9.17) is 85.3 Å². The number of ether oxygens (including phenoxy) is 18. The first kappa shape index (κ1) is 110. The number of cyclic esters (lactones) is 4. The van der Waals surface area contributed by atoms with Gasteiger partial charge in [0.25, 0.3) is 0 Å². The Morgan fingerprint density at radius 3 is 0.914 bits per heavy atom. The highest BCUT2D eigenvalue weighted by atomic mass is 16.7. The lowest BCUT2D eigenvalue weighted by Crippen LogP contribution is -2.32. The maximum Gasteiger partial charge on any atom is 0.342 e. The fraction of sp³-hybridized carbons (Fsp3) is 0.627. The number of carbonyl (C=O) groups is 6. The van der Waals surface area contributed by atoms with E-state index in [1.54, 1.807) is 40.6 Å². The molecule has 4 aromatic carbocycles. The summed E-state index contributed by atoms with van der Waals surface area (Å²) in [6.07, 6.45) is 35.3. The second kappa shape index (κ2) is 66.2. The van der Waals surface area contributed by atoms with E-state index in [0.29, 0.717) is 124 Å². The summed E-state index contributed by atoms with van der Waals surface area (Å²) in [6, 6.07) is 22.7. The molecule has 0 aromatic heterocycles. The van der Waals surface area contributed by atoms with Crippen molar-refractivity contribution in [3.05, 3.63) is 177 Å². The van der Waals surface area contributed by atoms with Crippen LogP contribution >= 0.6 is 0 Å². The Kier molecular flexibility index (Phi) is 57.0. The molecule has 12 atom stereocenters. The number of fused-ring (bicyclic) bond motifs is 4. The van der Waals surface area contributed by atoms with Crippen molar-refractivity contribution in [3.63, 3.8) is 0 Å². The molecule has 4 aliphatic rings. The Morgan fingerprint density at radius 2 is 0.625 bits per heavy atom. The minimum absolute atomic E-state index is 0.0157. The smallest absolute Gasteiger partial charge is 0.342 e. The monoisotopic (exact) mass is 1790 g/mol. The van der Waals surface area contributed by atoms with Gasteiger partial charge in [0, 0.05) is 120 Å². The molecule has 0 spiro atoms. The van der Waals surface area contributed by atoms with Crippen LogP contribution in [0.4, 0.5) is 0 Å². The van der Waals surface area contributed by atoms with Gasteiger partial charge in [-0.15, -0.1) is 0 Å². The van der Waals surface area contributed by atoms with Crippen LogP contribution in [-0.4, -0.2) is 205 Å². The number of benzene rings is 4. The molecule has 26 heteroatoms. The average molecular weight is 1790 g/mol. The summed E-state index contributed by atoms with van der Waals surface area (Å²) in [7, 11) is 9.39. The summed E-state index contributed by atoms with van der Waals surface area (Å²) in [6.45, 7) is 17.6. The summed E-state index contributed by atoms with van der Waals surface area (Å²) >= 11 is 0. The van der Waals surface area contributed by atoms with E-state index in [-0.39, 0.29) is 139 Å². The number of esters is 6. The first-order chi connectivity index (χ1) is 62.1. The fourth-order valence-corrected chi connectivity index (χ4v) is 15.6. The van der Waals surface area contributed by atoms with Crippen molar-refractivity contribution in [3.8, 4) is 11.5 Å². The highest BCUT2D eigenvalue weighted by Crippen LogP contribution is 2.34. The van der Waals surface area contributed by atoms with Gasteiger partial charge in [0.05, 0.1) is 48.8 Å². The maximum absolute atomic E-state index is 13.5. The van der Waals surface area contributed by atoms with Gasteiger partial charge >= 0.3 is 35.8 Å². The molecule has 2 N–H and O–H groups in total. The lowest BCUT2D eigenvalue weighted by molar-refractivity contribution is -0.146. The van der Waals surface area contributed by atoms with E-state index in [0.717, 1.165) is 97.6 Å². The molecule has 0 fully saturated rings. The van der Waals surface area contributed by atoms with Gasteiger partial charge < -0.3 is 95.5 Å². The minimum atomic E-state index is -0.518. The quantitative estimate of drug-likeness (QED) is 0.0137. The predicted octanol–water partition coefficient (Wildman–Crippen LogP) is 18.9. The van der Waals surface area contributed by atoms with E-state index >= 15 is 0 Å². The van der Waals surface area contributed by atoms with Crippen LogP contribution in [0.25, 0.3) is 0 Å². The summed E-state index contributed by atoms with van der Waals surface area (Å²) in [5.74, 6) is -0.358. The third-order valence-electron chi connectivity index (χ3n) is 23.0. The molecule has 4 aromatic rings. The average Bonchev–Trinajstić information content (AvgIpc) is 0.462. The van der Waals surface area contributed by atoms with Crippen molar-refractivity contribution in [2.24, 2.45) is 23.7 Å². The highest BCUT2D eigenvalue weighted by Gasteiger charge is 2.34. The molecule has 0 radical (unpaired) electrons. The molecule has 4 aliphatic heterocycles. The number of hydrogen-bond donors (Lipinski definition) is 2. The van der Waals surface area contributed by atoms with E-state index < -0.39 is 36.4 Å². The second-order valence-electron chi connectivity index (χ2n) is 33.3. The molecule has 0 unspecified atom stereocenters. The fourth-order valence-electron chi connectivity index (χ4n) is 15.6. The molecule has 128 heavy (non-hydrogen) atoms. The van der Waals surface area contributed by atoms with Crippen molar-refractivity contribution in [2.45, 2.75) is 284 Å². The van der Waals surface area contributed by atoms with Crippen LogP contribution in [0, 0.1) is 37.5 Å². The van der Waals surface area contributed by atoms with E-state index in [9.17, 15) is 39.0 Å². The van der Waals surface area contributed by atoms with Crippen LogP contribution in [0.5, 0.6) is 11.5 Å². The Bertz CT molecular complexity index is 3910. The first-order valence-corrected chi connectivity index (χ1v) is 46.2. The second-order valence-corrected chi connectivity index (χ2v) is 33.3. The van der Waals surface area contributed by atoms with Crippen molar-refractivity contribution in [2.75, 3.05) is 110 Å². The molecule has 26 nitrogen and oxygen atoms in total. The number of aliphatic hydroxyl groups is 2. The zero-order chi connectivity index (χ0) is 93.1. The van der Waals surface area contributed by atoms with Crippen LogP contribution in [0.3, 0.4) is 0 Å². The van der Waals surface area contributed by atoms with Crippen molar-refractivity contribution in [1.29, 1.82) is 0 Å². The third-order valence-corrected chi connectivity index (χ3v) is 23.0. The van der Waals surface area contributed by atoms with Crippen LogP contribution in [-0.2, 0) is 111 Å². The lowest BCUT2D eigenvalue weighted by Gasteiger charge is -2.28. The Morgan fingerprint density at radius 1 is 0.352 bits per heavy atom. The molecular weight excluding hydrogens is 1640 g/mol. The summed E-state index contributed by atoms with van der Waals surface area (Å²) in [5.41, 5.74) is 7.38. The molecule has 0 bridgehead atoms. The van der Waals surface area contributed by atoms with Gasteiger partial charge in [-0.25, -0.2) is 19.2 Å². The van der Waals surface area contributed by atoms with Crippen LogP contribution in [0.2, 0.25) is 0 Å². The number of aryl methyl sites for hydroxylation is 2. The number of allylic oxidation sites excluding steroid dienone is 8. The zero-order valence-electron chi connectivity index (χ0n) is 79.0. The van der Waals surface area contributed by atoms with Gasteiger partial charge in [0.1, 0.15) is 74.2 Å². The van der Waals surface area contributed by atoms with Gasteiger partial charge in [0.2, 0.25) is 0 Å². The Labute approximate surface area is 762 Å². The number of hydrogen-bond acceptors (Lipinski definition) is 26. The lowest BCUT2D eigenvalue weighted by atomic mass is 9.93. The molecule has 0 aliphatic carbocycles. The topological polar surface area (TPSA) is 309 Å². The standard InChI is InChI=1S/C30H46O8.C29H44O6.C22H32O7.C21H30O5/c1-5-6-7-8-9-17-28(31)35-19-18-25-20-27(37-22-34-4)23(2)13-10-11-14-24-15-12-16-26(36-21-33-3)29(24)30(32)38-25;1-5-6-7-8-9-17-27(30)33-19-18-25-20-26(34-21-32-4)22(2)13-10-11-15-24-16-12-14-23(3)28(24)29(31)35-25;1-16-7-4-5-8-17-9-6-10-19(27-14-25-2)21(17)22(24)29-18(11-12-23)13-20(16)28-15-26-3;1-15-7-4-5-9-17-10-6-8-16(2)20(17)21(23)26-18(11-12-22)13-19(15)25-14-24-3/h10-12,15-16,23,25,27H,5-9,13-14,17-22H2,1-4H3;10-12,14,16,22,25-26H,5-9,13,15,17-21H2,1-4H3;4-6,9-10,16,18,20,23H,7-8,11-15H2,1-3H3;4-6,8,10,15,18-19,22H,7,9,11-14H2,1-3H3/b2*11-10+;2*5-4+/t23-,25-,27+;22-,25-,26+;16-,18-,20+;15-,18-,19+/m1010/s1. The van der Waals surface area contributed by atoms with Gasteiger partial charge in [-0.3, -0.25) is 9.59 Å². The third kappa shape index (κ3) is 41.9. The maximum atomic E-state index is 13.5. The zero-order valence-corrected chi connectivity index (χ0v) is 79.0. The summed E-state index contributed by atoms with van der Waals surface area (Å²) < 4.78 is 100.0. The van der Waals surface area contributed by atoms with Crippen LogP contribution in [0.15, 0.2) is 121 Å². The van der Waals surface area contributed by atoms with Gasteiger partial charge in [0.15, 0.2) is 13.6 Å². The Hall–Kier alpha value is -8.22. The normalized spacial score (nSPS) is 22.8. The highest BCUT2D eigenvalue weighted by molar-refractivity contribution is 5.96. The predicted molar refractivity (Wildman–Crippen MR) is 490 cm³/mol. The van der Waals surface area contributed by atoms with Crippen molar-refractivity contribution in [1.82, 2.24) is 0 Å². The van der Waals surface area contributed by atoms with Crippen molar-refractivity contribution < 1.29 is 124 Å². The molecule has 0 saturated carbocycles. The van der Waals surface area contributed by atoms with E-state index in [1.165, 1.54) is 39.9 Å². The van der Waals surface area contributed by atoms with E-state index in [1.807, 2.05) is 80.6 Å². The SMILES string of the molecule is CCCCCCCC(=O)OCC[C@@H]1C[C@H](OCOC)[C@H](C)C/C=C/Cc2cccc(OCOC)c2C(=O)O1.CCCCCCCC(=O)OCC[C@H]1C[C@@H](OCOC)[C@@H](C)C/C=C/Cc2cccc(C)c2C(=O)O1.COCO[C@@H]1C[C@H](CCO)OC(=O)c2c(C)cccc2C/C=C/C[C@@H]1C.COCOc1cccc2c1C(=O)O[C@H](CCO)C[C@H](OCOC)[C@H](C)C/C=C/C2. The molecule has 716 valence electrons. The number of unbranched alkanes of at least 4 members (excludes halogenated alkanes) is 8. The van der Waals surface area contributed by atoms with Crippen molar-refractivity contribution >= 4 is 35.8 Å². The van der Waals surface area contributed by atoms with Gasteiger partial charge in [-0.05, 0) is 147 Å². The molecule has 4 heterocycles. The number of methoxy groups -OCH3 is 6. The molecule has 8 rings (SSSR count). The number of rotatable bonds is 40.